The van der Waals surface area contributed by atoms with Gasteiger partial charge >= 0.3 is 6.18 Å². The normalized spacial score (nSPS) is 18.5. The molecule has 2 nitrogen and oxygen atoms in total. The molecule has 1 saturated carbocycles. The Labute approximate surface area is 170 Å². The van der Waals surface area contributed by atoms with Crippen LogP contribution in [0.4, 0.5) is 13.2 Å². The number of halogens is 3. The predicted molar refractivity (Wildman–Crippen MR) is 109 cm³/mol. The first-order valence-corrected chi connectivity index (χ1v) is 10.4. The number of pyridine rings is 1. The van der Waals surface area contributed by atoms with E-state index >= 15 is 0 Å². The lowest BCUT2D eigenvalue weighted by Gasteiger charge is -2.25. The number of aromatic nitrogens is 1. The van der Waals surface area contributed by atoms with Crippen LogP contribution in [0.1, 0.15) is 87.0 Å². The summed E-state index contributed by atoms with van der Waals surface area (Å²) in [6.45, 7) is 5.64. The summed E-state index contributed by atoms with van der Waals surface area (Å²) < 4.78 is 39.3. The van der Waals surface area contributed by atoms with Gasteiger partial charge in [-0.2, -0.15) is 13.2 Å². The van der Waals surface area contributed by atoms with Gasteiger partial charge in [-0.25, -0.2) is 0 Å². The molecule has 0 N–H and O–H groups in total. The summed E-state index contributed by atoms with van der Waals surface area (Å²) in [6, 6.07) is 4.23. The Hall–Kier alpha value is -2.17. The molecular formula is C24H28F3NO. The number of rotatable bonds is 3. The molecule has 4 rings (SSSR count). The second kappa shape index (κ2) is 8.68. The molecule has 0 saturated heterocycles. The molecule has 1 atom stereocenters. The second-order valence-electron chi connectivity index (χ2n) is 8.18. The summed E-state index contributed by atoms with van der Waals surface area (Å²) in [4.78, 5) is 14.2. The van der Waals surface area contributed by atoms with E-state index in [9.17, 15) is 18.0 Å². The zero-order valence-electron chi connectivity index (χ0n) is 17.3. The quantitative estimate of drug-likeness (QED) is 0.548. The molecule has 0 unspecified atom stereocenters. The molecular weight excluding hydrogens is 375 g/mol. The van der Waals surface area contributed by atoms with Crippen molar-refractivity contribution >= 4 is 5.78 Å². The average molecular weight is 403 g/mol. The third-order valence-corrected chi connectivity index (χ3v) is 5.87. The second-order valence-corrected chi connectivity index (χ2v) is 8.18. The fourth-order valence-corrected chi connectivity index (χ4v) is 3.90. The first-order valence-electron chi connectivity index (χ1n) is 10.4. The van der Waals surface area contributed by atoms with E-state index in [1.807, 2.05) is 19.3 Å². The summed E-state index contributed by atoms with van der Waals surface area (Å²) in [7, 11) is 0. The summed E-state index contributed by atoms with van der Waals surface area (Å²) in [5.41, 5.74) is 4.84. The van der Waals surface area contributed by atoms with Crippen molar-refractivity contribution < 1.29 is 18.0 Å². The molecule has 1 heterocycles. The van der Waals surface area contributed by atoms with Gasteiger partial charge in [-0.1, -0.05) is 19.9 Å². The average Bonchev–Trinajstić information content (AvgIpc) is 3.52. The van der Waals surface area contributed by atoms with Crippen LogP contribution < -0.4 is 0 Å². The molecule has 0 amide bonds. The summed E-state index contributed by atoms with van der Waals surface area (Å²) in [5, 5.41) is 0. The molecule has 1 aromatic carbocycles. The van der Waals surface area contributed by atoms with Crippen molar-refractivity contribution in [2.75, 3.05) is 0 Å². The molecule has 2 aromatic rings. The Kier molecular flexibility index (Phi) is 6.45. The maximum Gasteiger partial charge on any atom is 0.416 e. The molecule has 29 heavy (non-hydrogen) atoms. The minimum atomic E-state index is -4.29. The van der Waals surface area contributed by atoms with Crippen molar-refractivity contribution in [3.63, 3.8) is 0 Å². The maximum absolute atomic E-state index is 13.1. The summed E-state index contributed by atoms with van der Waals surface area (Å²) in [5.74, 6) is 0.990. The third kappa shape index (κ3) is 5.06. The van der Waals surface area contributed by atoms with Crippen LogP contribution in [-0.2, 0) is 17.4 Å². The molecule has 2 aliphatic rings. The SMILES string of the molecule is CCC(C)=O.C[C@@H]1CCCc2c(-c3ccc(C(F)(F)F)cc3C3CC3)cncc21. The lowest BCUT2D eigenvalue weighted by atomic mass is 9.81. The smallest absolute Gasteiger partial charge is 0.300 e. The number of benzene rings is 1. The number of hydrogen-bond donors (Lipinski definition) is 0. The van der Waals surface area contributed by atoms with Crippen molar-refractivity contribution in [1.29, 1.82) is 0 Å². The molecule has 1 fully saturated rings. The molecule has 0 radical (unpaired) electrons. The van der Waals surface area contributed by atoms with E-state index in [1.165, 1.54) is 23.3 Å². The van der Waals surface area contributed by atoms with Crippen LogP contribution in [0.3, 0.4) is 0 Å². The van der Waals surface area contributed by atoms with E-state index in [-0.39, 0.29) is 11.7 Å². The van der Waals surface area contributed by atoms with Gasteiger partial charge in [0.15, 0.2) is 0 Å². The van der Waals surface area contributed by atoms with Gasteiger partial charge in [0.05, 0.1) is 5.56 Å². The lowest BCUT2D eigenvalue weighted by Crippen LogP contribution is -2.10. The van der Waals surface area contributed by atoms with Crippen molar-refractivity contribution in [3.05, 3.63) is 52.8 Å². The van der Waals surface area contributed by atoms with Crippen LogP contribution in [-0.4, -0.2) is 10.8 Å². The van der Waals surface area contributed by atoms with Gasteiger partial charge in [-0.3, -0.25) is 4.98 Å². The number of carbonyl (C=O) groups excluding carboxylic acids is 1. The number of fused-ring (bicyclic) bond motifs is 1. The Morgan fingerprint density at radius 3 is 2.38 bits per heavy atom. The number of nitrogens with zero attached hydrogens (tertiary/aromatic N) is 1. The minimum absolute atomic E-state index is 0.255. The molecule has 0 spiro atoms. The van der Waals surface area contributed by atoms with Gasteiger partial charge < -0.3 is 4.79 Å². The fraction of sp³-hybridized carbons (Fsp3) is 0.500. The molecule has 0 bridgehead atoms. The highest BCUT2D eigenvalue weighted by atomic mass is 19.4. The van der Waals surface area contributed by atoms with E-state index in [2.05, 4.69) is 11.9 Å². The summed E-state index contributed by atoms with van der Waals surface area (Å²) >= 11 is 0. The van der Waals surface area contributed by atoms with Crippen LogP contribution in [0, 0.1) is 0 Å². The van der Waals surface area contributed by atoms with Crippen LogP contribution in [0.15, 0.2) is 30.6 Å². The van der Waals surface area contributed by atoms with E-state index in [1.54, 1.807) is 13.0 Å². The first-order chi connectivity index (χ1) is 13.7. The predicted octanol–water partition coefficient (Wildman–Crippen LogP) is 7.07. The highest BCUT2D eigenvalue weighted by Crippen LogP contribution is 2.47. The third-order valence-electron chi connectivity index (χ3n) is 5.87. The molecule has 0 aliphatic heterocycles. The standard InChI is InChI=1S/C20H20F3N.C4H8O/c1-12-3-2-4-15-18(12)10-24-11-19(15)16-8-7-14(20(21,22)23)9-17(16)13-5-6-13;1-3-4(2)5/h7-13H,2-6H2,1H3;3H2,1-2H3/t12-;/m1./s1. The summed E-state index contributed by atoms with van der Waals surface area (Å²) in [6.07, 6.45) is 5.38. The van der Waals surface area contributed by atoms with Crippen molar-refractivity contribution in [3.8, 4) is 11.1 Å². The van der Waals surface area contributed by atoms with Gasteiger partial charge in [0.2, 0.25) is 0 Å². The lowest BCUT2D eigenvalue weighted by molar-refractivity contribution is -0.137. The van der Waals surface area contributed by atoms with Crippen molar-refractivity contribution in [2.45, 2.75) is 77.3 Å². The fourth-order valence-electron chi connectivity index (χ4n) is 3.90. The van der Waals surface area contributed by atoms with Gasteiger partial charge in [-0.15, -0.1) is 0 Å². The highest BCUT2D eigenvalue weighted by Gasteiger charge is 2.34. The Balaban J connectivity index is 0.000000431. The van der Waals surface area contributed by atoms with E-state index in [0.29, 0.717) is 12.3 Å². The highest BCUT2D eigenvalue weighted by molar-refractivity contribution is 5.75. The number of Topliss-reactive ketones (excluding diaryl/α,β-unsaturated/α-hetero) is 1. The van der Waals surface area contributed by atoms with Crippen LogP contribution in [0.25, 0.3) is 11.1 Å². The number of carbonyl (C=O) groups is 1. The zero-order valence-corrected chi connectivity index (χ0v) is 17.3. The monoisotopic (exact) mass is 403 g/mol. The van der Waals surface area contributed by atoms with Gasteiger partial charge in [0.25, 0.3) is 0 Å². The molecule has 156 valence electrons. The van der Waals surface area contributed by atoms with Crippen LogP contribution in [0.5, 0.6) is 0 Å². The van der Waals surface area contributed by atoms with E-state index in [0.717, 1.165) is 48.8 Å². The maximum atomic E-state index is 13.1. The number of ketones is 1. The molecule has 2 aliphatic carbocycles. The Morgan fingerprint density at radius 2 is 1.79 bits per heavy atom. The van der Waals surface area contributed by atoms with Gasteiger partial charge in [-0.05, 0) is 85.3 Å². The van der Waals surface area contributed by atoms with Crippen LogP contribution in [0.2, 0.25) is 0 Å². The molecule has 1 aromatic heterocycles. The minimum Gasteiger partial charge on any atom is -0.300 e. The topological polar surface area (TPSA) is 30.0 Å². The zero-order chi connectivity index (χ0) is 21.2. The van der Waals surface area contributed by atoms with E-state index in [4.69, 9.17) is 0 Å². The van der Waals surface area contributed by atoms with Gasteiger partial charge in [0, 0.05) is 24.4 Å². The molecule has 5 heteroatoms. The number of alkyl halides is 3. The largest absolute Gasteiger partial charge is 0.416 e. The first kappa shape index (κ1) is 21.5. The number of hydrogen-bond acceptors (Lipinski definition) is 2. The Bertz CT molecular complexity index is 884. The van der Waals surface area contributed by atoms with Crippen molar-refractivity contribution in [1.82, 2.24) is 4.98 Å². The van der Waals surface area contributed by atoms with Gasteiger partial charge in [0.1, 0.15) is 5.78 Å². The van der Waals surface area contributed by atoms with E-state index < -0.39 is 11.7 Å². The van der Waals surface area contributed by atoms with Crippen molar-refractivity contribution in [2.24, 2.45) is 0 Å². The Morgan fingerprint density at radius 1 is 1.10 bits per heavy atom. The van der Waals surface area contributed by atoms with Crippen LogP contribution >= 0.6 is 0 Å².